The maximum Gasteiger partial charge on any atom is 0.124 e. The molecule has 0 aromatic carbocycles. The minimum absolute atomic E-state index is 0.284. The third-order valence-electron chi connectivity index (χ3n) is 4.05. The molecular weight excluding hydrogens is 214 g/mol. The molecule has 1 aliphatic heterocycles. The van der Waals surface area contributed by atoms with Crippen LogP contribution in [0, 0.1) is 5.92 Å². The summed E-state index contributed by atoms with van der Waals surface area (Å²) in [6.45, 7) is 2.90. The molecule has 1 aromatic rings. The lowest BCUT2D eigenvalue weighted by atomic mass is 9.80. The first kappa shape index (κ1) is 11.0. The molecule has 2 heterocycles. The summed E-state index contributed by atoms with van der Waals surface area (Å²) in [7, 11) is 0. The molecule has 1 unspecified atom stereocenters. The maximum absolute atomic E-state index is 6.16. The summed E-state index contributed by atoms with van der Waals surface area (Å²) in [5.74, 6) is 1.83. The molecule has 1 saturated carbocycles. The Kier molecular flexibility index (Phi) is 3.03. The summed E-state index contributed by atoms with van der Waals surface area (Å²) in [5, 5.41) is 11.1. The van der Waals surface area contributed by atoms with Gasteiger partial charge in [-0.3, -0.25) is 0 Å². The average molecular weight is 235 g/mol. The first-order valence-corrected chi connectivity index (χ1v) is 6.58. The van der Waals surface area contributed by atoms with Gasteiger partial charge in [0.15, 0.2) is 0 Å². The van der Waals surface area contributed by atoms with Crippen LogP contribution in [0.4, 0.5) is 5.82 Å². The molecule has 2 fully saturated rings. The van der Waals surface area contributed by atoms with Crippen LogP contribution < -0.4 is 16.4 Å². The second kappa shape index (κ2) is 4.66. The molecule has 5 nitrogen and oxygen atoms in total. The maximum atomic E-state index is 6.16. The van der Waals surface area contributed by atoms with Crippen molar-refractivity contribution in [2.45, 2.75) is 31.3 Å². The van der Waals surface area contributed by atoms with Gasteiger partial charge < -0.3 is 16.4 Å². The van der Waals surface area contributed by atoms with Crippen LogP contribution >= 0.6 is 0 Å². The molecular formula is C12H21N5. The minimum Gasteiger partial charge on any atom is -0.369 e. The predicted molar refractivity (Wildman–Crippen MR) is 67.9 cm³/mol. The van der Waals surface area contributed by atoms with E-state index in [0.717, 1.165) is 31.4 Å². The van der Waals surface area contributed by atoms with E-state index in [9.17, 15) is 0 Å². The van der Waals surface area contributed by atoms with Gasteiger partial charge in [-0.1, -0.05) is 6.42 Å². The number of nitrogens with zero attached hydrogens (tertiary/aromatic N) is 2. The van der Waals surface area contributed by atoms with Crippen LogP contribution in [0.3, 0.4) is 0 Å². The van der Waals surface area contributed by atoms with Crippen molar-refractivity contribution in [1.82, 2.24) is 15.1 Å². The third-order valence-corrected chi connectivity index (χ3v) is 4.05. The Morgan fingerprint density at radius 1 is 1.53 bits per heavy atom. The van der Waals surface area contributed by atoms with E-state index in [1.807, 2.05) is 12.3 Å². The number of nitrogens with two attached hydrogens (primary N) is 1. The second-order valence-corrected chi connectivity index (χ2v) is 5.21. The molecule has 94 valence electrons. The summed E-state index contributed by atoms with van der Waals surface area (Å²) >= 11 is 0. The Labute approximate surface area is 102 Å². The molecule has 0 bridgehead atoms. The van der Waals surface area contributed by atoms with Crippen LogP contribution in [0.1, 0.15) is 25.3 Å². The van der Waals surface area contributed by atoms with Crippen molar-refractivity contribution in [3.05, 3.63) is 12.3 Å². The van der Waals surface area contributed by atoms with Crippen molar-refractivity contribution in [1.29, 1.82) is 0 Å². The number of hydrogen-bond donors (Lipinski definition) is 3. The molecule has 0 amide bonds. The Morgan fingerprint density at radius 3 is 2.94 bits per heavy atom. The molecule has 3 rings (SSSR count). The van der Waals surface area contributed by atoms with Crippen LogP contribution in [0.5, 0.6) is 0 Å². The van der Waals surface area contributed by atoms with E-state index in [-0.39, 0.29) is 6.04 Å². The van der Waals surface area contributed by atoms with Crippen LogP contribution in [-0.4, -0.2) is 35.5 Å². The molecule has 4 N–H and O–H groups in total. The zero-order valence-electron chi connectivity index (χ0n) is 10.1. The number of rotatable bonds is 5. The van der Waals surface area contributed by atoms with Gasteiger partial charge in [-0.05, 0) is 18.8 Å². The quantitative estimate of drug-likeness (QED) is 0.698. The van der Waals surface area contributed by atoms with E-state index in [1.54, 1.807) is 0 Å². The monoisotopic (exact) mass is 235 g/mol. The van der Waals surface area contributed by atoms with Crippen LogP contribution in [0.25, 0.3) is 0 Å². The smallest absolute Gasteiger partial charge is 0.124 e. The Bertz CT molecular complexity index is 367. The standard InChI is InChI=1S/C12H21N5/c13-11(9-2-1-3-9)8-15-12-4-5-16-17(12)10-6-14-7-10/h4-5,9-11,14-15H,1-3,6-8,13H2. The van der Waals surface area contributed by atoms with E-state index in [1.165, 1.54) is 19.3 Å². The molecule has 5 heteroatoms. The van der Waals surface area contributed by atoms with E-state index in [0.29, 0.717) is 6.04 Å². The minimum atomic E-state index is 0.284. The number of aromatic nitrogens is 2. The molecule has 1 aromatic heterocycles. The Hall–Kier alpha value is -1.07. The highest BCUT2D eigenvalue weighted by Gasteiger charge is 2.25. The molecule has 1 atom stereocenters. The zero-order valence-corrected chi connectivity index (χ0v) is 10.1. The number of hydrogen-bond acceptors (Lipinski definition) is 4. The summed E-state index contributed by atoms with van der Waals surface area (Å²) in [4.78, 5) is 0. The zero-order chi connectivity index (χ0) is 11.7. The van der Waals surface area contributed by atoms with Crippen LogP contribution in [-0.2, 0) is 0 Å². The van der Waals surface area contributed by atoms with Crippen molar-refractivity contribution < 1.29 is 0 Å². The number of anilines is 1. The average Bonchev–Trinajstić information content (AvgIpc) is 2.57. The van der Waals surface area contributed by atoms with Gasteiger partial charge in [0.05, 0.1) is 12.2 Å². The molecule has 1 aliphatic carbocycles. The summed E-state index contributed by atoms with van der Waals surface area (Å²) < 4.78 is 2.07. The Balaban J connectivity index is 1.55. The summed E-state index contributed by atoms with van der Waals surface area (Å²) in [5.41, 5.74) is 6.16. The first-order chi connectivity index (χ1) is 8.34. The van der Waals surface area contributed by atoms with E-state index < -0.39 is 0 Å². The summed E-state index contributed by atoms with van der Waals surface area (Å²) in [6, 6.07) is 2.82. The van der Waals surface area contributed by atoms with E-state index >= 15 is 0 Å². The molecule has 0 radical (unpaired) electrons. The van der Waals surface area contributed by atoms with E-state index in [2.05, 4.69) is 20.4 Å². The lowest BCUT2D eigenvalue weighted by Crippen LogP contribution is -2.45. The molecule has 17 heavy (non-hydrogen) atoms. The molecule has 2 aliphatic rings. The lowest BCUT2D eigenvalue weighted by molar-refractivity contribution is 0.267. The van der Waals surface area contributed by atoms with Gasteiger partial charge in [0.25, 0.3) is 0 Å². The van der Waals surface area contributed by atoms with Gasteiger partial charge >= 0.3 is 0 Å². The van der Waals surface area contributed by atoms with Crippen molar-refractivity contribution in [3.8, 4) is 0 Å². The van der Waals surface area contributed by atoms with Crippen molar-refractivity contribution >= 4 is 5.82 Å². The molecule has 1 saturated heterocycles. The predicted octanol–water partition coefficient (Wildman–Crippen LogP) is 0.567. The fourth-order valence-corrected chi connectivity index (χ4v) is 2.45. The number of nitrogens with one attached hydrogen (secondary N) is 2. The highest BCUT2D eigenvalue weighted by atomic mass is 15.4. The molecule has 0 spiro atoms. The normalized spacial score (nSPS) is 22.9. The van der Waals surface area contributed by atoms with Crippen molar-refractivity contribution in [3.63, 3.8) is 0 Å². The highest BCUT2D eigenvalue weighted by Crippen LogP contribution is 2.28. The first-order valence-electron chi connectivity index (χ1n) is 6.58. The fourth-order valence-electron chi connectivity index (χ4n) is 2.45. The van der Waals surface area contributed by atoms with Gasteiger partial charge in [-0.25, -0.2) is 4.68 Å². The van der Waals surface area contributed by atoms with Gasteiger partial charge in [0.2, 0.25) is 0 Å². The lowest BCUT2D eigenvalue weighted by Gasteiger charge is -2.32. The highest BCUT2D eigenvalue weighted by molar-refractivity contribution is 5.35. The van der Waals surface area contributed by atoms with Crippen LogP contribution in [0.2, 0.25) is 0 Å². The SMILES string of the molecule is NC(CNc1ccnn1C1CNC1)C1CCC1. The van der Waals surface area contributed by atoms with Gasteiger partial charge in [-0.15, -0.1) is 0 Å². The third kappa shape index (κ3) is 2.17. The van der Waals surface area contributed by atoms with Crippen molar-refractivity contribution in [2.24, 2.45) is 11.7 Å². The largest absolute Gasteiger partial charge is 0.369 e. The topological polar surface area (TPSA) is 67.9 Å². The second-order valence-electron chi connectivity index (χ2n) is 5.21. The van der Waals surface area contributed by atoms with Crippen molar-refractivity contribution in [2.75, 3.05) is 25.0 Å². The summed E-state index contributed by atoms with van der Waals surface area (Å²) in [6.07, 6.45) is 5.81. The fraction of sp³-hybridized carbons (Fsp3) is 0.750. The van der Waals surface area contributed by atoms with Gasteiger partial charge in [0, 0.05) is 31.7 Å². The Morgan fingerprint density at radius 2 is 2.35 bits per heavy atom. The van der Waals surface area contributed by atoms with Crippen LogP contribution in [0.15, 0.2) is 12.3 Å². The van der Waals surface area contributed by atoms with E-state index in [4.69, 9.17) is 5.73 Å². The van der Waals surface area contributed by atoms with Gasteiger partial charge in [0.1, 0.15) is 5.82 Å². The van der Waals surface area contributed by atoms with Gasteiger partial charge in [-0.2, -0.15) is 5.10 Å².